The number of hydrogen-bond donors (Lipinski definition) is 1. The van der Waals surface area contributed by atoms with Gasteiger partial charge in [0.05, 0.1) is 6.54 Å². The van der Waals surface area contributed by atoms with Gasteiger partial charge in [-0.3, -0.25) is 10.1 Å². The molecule has 0 aliphatic carbocycles. The number of ether oxygens (including phenoxy) is 1. The van der Waals surface area contributed by atoms with Crippen LogP contribution in [-0.2, 0) is 4.79 Å². The Bertz CT molecular complexity index is 463. The smallest absolute Gasteiger partial charge is 0.387 e. The van der Waals surface area contributed by atoms with Crippen molar-refractivity contribution in [1.82, 2.24) is 10.2 Å². The summed E-state index contributed by atoms with van der Waals surface area (Å²) in [6, 6.07) is 6.36. The predicted octanol–water partition coefficient (Wildman–Crippen LogP) is 2.37. The van der Waals surface area contributed by atoms with Gasteiger partial charge in [0.15, 0.2) is 0 Å². The van der Waals surface area contributed by atoms with Crippen LogP contribution in [0.4, 0.5) is 8.78 Å². The molecule has 1 aromatic rings. The number of amides is 1. The minimum atomic E-state index is -2.83. The highest BCUT2D eigenvalue weighted by atomic mass is 19.3. The average molecular weight is 284 g/mol. The standard InChI is InChI=1S/C14H18F2N2O2/c1-9(2)8-18-12(19)7-17-13(18)10-3-5-11(6-4-10)20-14(15)16/h3-6,9,13-14,17H,7-8H2,1-2H3. The second-order valence-electron chi connectivity index (χ2n) is 5.17. The molecule has 1 atom stereocenters. The van der Waals surface area contributed by atoms with Crippen LogP contribution in [0.2, 0.25) is 0 Å². The molecule has 1 N–H and O–H groups in total. The van der Waals surface area contributed by atoms with Gasteiger partial charge in [0, 0.05) is 6.54 Å². The minimum absolute atomic E-state index is 0.0524. The zero-order valence-corrected chi connectivity index (χ0v) is 11.5. The summed E-state index contributed by atoms with van der Waals surface area (Å²) in [5, 5.41) is 3.13. The molecule has 110 valence electrons. The van der Waals surface area contributed by atoms with E-state index in [0.29, 0.717) is 19.0 Å². The molecule has 6 heteroatoms. The molecule has 1 aliphatic rings. The Labute approximate surface area is 116 Å². The van der Waals surface area contributed by atoms with E-state index in [9.17, 15) is 13.6 Å². The third-order valence-corrected chi connectivity index (χ3v) is 3.06. The van der Waals surface area contributed by atoms with Crippen molar-refractivity contribution in [3.63, 3.8) is 0 Å². The second kappa shape index (κ2) is 6.17. The summed E-state index contributed by atoms with van der Waals surface area (Å²) in [7, 11) is 0. The first-order valence-corrected chi connectivity index (χ1v) is 6.55. The summed E-state index contributed by atoms with van der Waals surface area (Å²) in [4.78, 5) is 13.6. The lowest BCUT2D eigenvalue weighted by Crippen LogP contribution is -2.33. The Morgan fingerprint density at radius 2 is 2.00 bits per heavy atom. The zero-order chi connectivity index (χ0) is 14.7. The first-order chi connectivity index (χ1) is 9.47. The molecule has 2 rings (SSSR count). The van der Waals surface area contributed by atoms with E-state index in [-0.39, 0.29) is 17.8 Å². The van der Waals surface area contributed by atoms with Gasteiger partial charge in [0.2, 0.25) is 5.91 Å². The molecule has 0 saturated carbocycles. The van der Waals surface area contributed by atoms with Gasteiger partial charge < -0.3 is 9.64 Å². The van der Waals surface area contributed by atoms with E-state index in [1.165, 1.54) is 12.1 Å². The van der Waals surface area contributed by atoms with E-state index in [4.69, 9.17) is 0 Å². The normalized spacial score (nSPS) is 19.2. The van der Waals surface area contributed by atoms with E-state index in [1.807, 2.05) is 13.8 Å². The van der Waals surface area contributed by atoms with E-state index in [2.05, 4.69) is 10.1 Å². The summed E-state index contributed by atoms with van der Waals surface area (Å²) in [5.74, 6) is 0.530. The Morgan fingerprint density at radius 1 is 1.35 bits per heavy atom. The Hall–Kier alpha value is -1.69. The predicted molar refractivity (Wildman–Crippen MR) is 70.4 cm³/mol. The third kappa shape index (κ3) is 3.45. The van der Waals surface area contributed by atoms with Gasteiger partial charge >= 0.3 is 6.61 Å². The van der Waals surface area contributed by atoms with Gasteiger partial charge in [-0.15, -0.1) is 0 Å². The van der Waals surface area contributed by atoms with E-state index in [0.717, 1.165) is 5.56 Å². The lowest BCUT2D eigenvalue weighted by Gasteiger charge is -2.26. The zero-order valence-electron chi connectivity index (χ0n) is 11.5. The SMILES string of the molecule is CC(C)CN1C(=O)CNC1c1ccc(OC(F)F)cc1. The lowest BCUT2D eigenvalue weighted by atomic mass is 10.1. The van der Waals surface area contributed by atoms with Crippen molar-refractivity contribution in [1.29, 1.82) is 0 Å². The first kappa shape index (κ1) is 14.7. The van der Waals surface area contributed by atoms with Gasteiger partial charge in [-0.05, 0) is 23.6 Å². The van der Waals surface area contributed by atoms with Crippen molar-refractivity contribution in [3.8, 4) is 5.75 Å². The molecule has 0 radical (unpaired) electrons. The van der Waals surface area contributed by atoms with Crippen molar-refractivity contribution in [2.75, 3.05) is 13.1 Å². The van der Waals surface area contributed by atoms with Crippen LogP contribution in [0, 0.1) is 5.92 Å². The van der Waals surface area contributed by atoms with Crippen molar-refractivity contribution < 1.29 is 18.3 Å². The van der Waals surface area contributed by atoms with Crippen LogP contribution < -0.4 is 10.1 Å². The highest BCUT2D eigenvalue weighted by Crippen LogP contribution is 2.25. The number of halogens is 2. The molecular weight excluding hydrogens is 266 g/mol. The number of carbonyl (C=O) groups is 1. The van der Waals surface area contributed by atoms with Gasteiger partial charge in [-0.25, -0.2) is 0 Å². The van der Waals surface area contributed by atoms with E-state index >= 15 is 0 Å². The number of benzene rings is 1. The first-order valence-electron chi connectivity index (χ1n) is 6.55. The Kier molecular flexibility index (Phi) is 4.54. The molecule has 1 aliphatic heterocycles. The highest BCUT2D eigenvalue weighted by Gasteiger charge is 2.31. The quantitative estimate of drug-likeness (QED) is 0.902. The van der Waals surface area contributed by atoms with Crippen molar-refractivity contribution in [2.24, 2.45) is 5.92 Å². The second-order valence-corrected chi connectivity index (χ2v) is 5.17. The van der Waals surface area contributed by atoms with Gasteiger partial charge in [0.1, 0.15) is 11.9 Å². The van der Waals surface area contributed by atoms with E-state index < -0.39 is 6.61 Å². The summed E-state index contributed by atoms with van der Waals surface area (Å²) in [5.41, 5.74) is 0.859. The van der Waals surface area contributed by atoms with Crippen LogP contribution in [0.5, 0.6) is 5.75 Å². The van der Waals surface area contributed by atoms with Crippen molar-refractivity contribution >= 4 is 5.91 Å². The topological polar surface area (TPSA) is 41.6 Å². The average Bonchev–Trinajstić information content (AvgIpc) is 2.71. The van der Waals surface area contributed by atoms with Crippen molar-refractivity contribution in [3.05, 3.63) is 29.8 Å². The molecule has 0 spiro atoms. The molecule has 4 nitrogen and oxygen atoms in total. The summed E-state index contributed by atoms with van der Waals surface area (Å²) >= 11 is 0. The fourth-order valence-corrected chi connectivity index (χ4v) is 2.27. The number of alkyl halides is 2. The molecule has 20 heavy (non-hydrogen) atoms. The number of nitrogens with zero attached hydrogens (tertiary/aromatic N) is 1. The lowest BCUT2D eigenvalue weighted by molar-refractivity contribution is -0.128. The highest BCUT2D eigenvalue weighted by molar-refractivity contribution is 5.81. The Balaban J connectivity index is 2.11. The fraction of sp³-hybridized carbons (Fsp3) is 0.500. The monoisotopic (exact) mass is 284 g/mol. The number of carbonyl (C=O) groups excluding carboxylic acids is 1. The molecule has 1 fully saturated rings. The number of rotatable bonds is 5. The molecule has 1 amide bonds. The maximum Gasteiger partial charge on any atom is 0.387 e. The van der Waals surface area contributed by atoms with Crippen LogP contribution in [0.1, 0.15) is 25.6 Å². The van der Waals surface area contributed by atoms with Crippen LogP contribution in [-0.4, -0.2) is 30.5 Å². The van der Waals surface area contributed by atoms with E-state index in [1.54, 1.807) is 17.0 Å². The molecule has 1 heterocycles. The largest absolute Gasteiger partial charge is 0.435 e. The van der Waals surface area contributed by atoms with Crippen molar-refractivity contribution in [2.45, 2.75) is 26.6 Å². The summed E-state index contributed by atoms with van der Waals surface area (Å²) < 4.78 is 28.5. The fourth-order valence-electron chi connectivity index (χ4n) is 2.27. The summed E-state index contributed by atoms with van der Waals surface area (Å²) in [6.07, 6.45) is -0.203. The maximum absolute atomic E-state index is 12.1. The Morgan fingerprint density at radius 3 is 2.55 bits per heavy atom. The van der Waals surface area contributed by atoms with Gasteiger partial charge in [-0.2, -0.15) is 8.78 Å². The molecule has 1 saturated heterocycles. The number of hydrogen-bond acceptors (Lipinski definition) is 3. The van der Waals surface area contributed by atoms with Crippen LogP contribution in [0.15, 0.2) is 24.3 Å². The van der Waals surface area contributed by atoms with Gasteiger partial charge in [0.25, 0.3) is 0 Å². The molecule has 1 unspecified atom stereocenters. The third-order valence-electron chi connectivity index (χ3n) is 3.06. The number of nitrogens with one attached hydrogen (secondary N) is 1. The summed E-state index contributed by atoms with van der Waals surface area (Å²) in [6.45, 7) is 2.22. The molecule has 0 bridgehead atoms. The molecule has 0 aromatic heterocycles. The van der Waals surface area contributed by atoms with Crippen LogP contribution in [0.25, 0.3) is 0 Å². The molecule has 1 aromatic carbocycles. The minimum Gasteiger partial charge on any atom is -0.435 e. The van der Waals surface area contributed by atoms with Gasteiger partial charge in [-0.1, -0.05) is 26.0 Å². The van der Waals surface area contributed by atoms with Crippen LogP contribution >= 0.6 is 0 Å². The van der Waals surface area contributed by atoms with Crippen LogP contribution in [0.3, 0.4) is 0 Å². The maximum atomic E-state index is 12.1. The molecular formula is C14H18F2N2O2.